The Kier molecular flexibility index (Phi) is 4.74. The summed E-state index contributed by atoms with van der Waals surface area (Å²) in [6, 6.07) is 0. The minimum Gasteiger partial charge on any atom is -0.507 e. The van der Waals surface area contributed by atoms with Gasteiger partial charge >= 0.3 is 0 Å². The van der Waals surface area contributed by atoms with E-state index < -0.39 is 5.75 Å². The molecular weight excluding hydrogens is 284 g/mol. The van der Waals surface area contributed by atoms with Gasteiger partial charge in [-0.3, -0.25) is 9.59 Å². The van der Waals surface area contributed by atoms with Gasteiger partial charge in [0.1, 0.15) is 34.5 Å². The Labute approximate surface area is 129 Å². The molecule has 0 aliphatic carbocycles. The molecule has 1 aromatic carbocycles. The second-order valence-corrected chi connectivity index (χ2v) is 5.73. The van der Waals surface area contributed by atoms with Crippen molar-refractivity contribution < 1.29 is 24.5 Å². The number of phenols is 2. The summed E-state index contributed by atoms with van der Waals surface area (Å²) >= 11 is 0. The van der Waals surface area contributed by atoms with E-state index in [0.717, 1.165) is 0 Å². The molecule has 1 heterocycles. The smallest absolute Gasteiger partial charge is 0.170 e. The number of ketones is 2. The van der Waals surface area contributed by atoms with Crippen LogP contribution in [0, 0.1) is 0 Å². The van der Waals surface area contributed by atoms with E-state index in [1.54, 1.807) is 0 Å². The van der Waals surface area contributed by atoms with Crippen LogP contribution < -0.4 is 4.74 Å². The molecule has 0 radical (unpaired) electrons. The molecule has 22 heavy (non-hydrogen) atoms. The van der Waals surface area contributed by atoms with E-state index in [1.165, 1.54) is 0 Å². The van der Waals surface area contributed by atoms with Crippen molar-refractivity contribution in [1.29, 1.82) is 0 Å². The van der Waals surface area contributed by atoms with Crippen LogP contribution in [-0.4, -0.2) is 27.9 Å². The van der Waals surface area contributed by atoms with E-state index in [0.29, 0.717) is 24.8 Å². The Morgan fingerprint density at radius 3 is 2.14 bits per heavy atom. The van der Waals surface area contributed by atoms with Crippen LogP contribution in [0.3, 0.4) is 0 Å². The van der Waals surface area contributed by atoms with Gasteiger partial charge in [0.25, 0.3) is 0 Å². The second-order valence-electron chi connectivity index (χ2n) is 5.73. The molecule has 0 fully saturated rings. The van der Waals surface area contributed by atoms with Gasteiger partial charge in [0.2, 0.25) is 0 Å². The number of fused-ring (bicyclic) bond motifs is 1. The zero-order chi connectivity index (χ0) is 16.4. The fourth-order valence-electron chi connectivity index (χ4n) is 2.83. The minimum atomic E-state index is -0.442. The van der Waals surface area contributed by atoms with Crippen LogP contribution in [-0.2, 0) is 6.42 Å². The first-order chi connectivity index (χ1) is 10.4. The van der Waals surface area contributed by atoms with Crippen LogP contribution in [0.2, 0.25) is 0 Å². The first-order valence-corrected chi connectivity index (χ1v) is 7.76. The molecule has 0 bridgehead atoms. The van der Waals surface area contributed by atoms with Gasteiger partial charge in [-0.1, -0.05) is 13.8 Å². The van der Waals surface area contributed by atoms with Crippen molar-refractivity contribution in [3.8, 4) is 17.2 Å². The third-order valence-electron chi connectivity index (χ3n) is 3.82. The lowest BCUT2D eigenvalue weighted by Crippen LogP contribution is -2.09. The molecule has 2 rings (SSSR count). The molecule has 0 amide bonds. The third kappa shape index (κ3) is 2.67. The maximum Gasteiger partial charge on any atom is 0.170 e. The summed E-state index contributed by atoms with van der Waals surface area (Å²) < 4.78 is 5.61. The molecule has 5 nitrogen and oxygen atoms in total. The number of benzene rings is 1. The van der Waals surface area contributed by atoms with Gasteiger partial charge in [0.05, 0.1) is 0 Å². The highest BCUT2D eigenvalue weighted by molar-refractivity contribution is 6.09. The molecule has 1 unspecified atom stereocenters. The van der Waals surface area contributed by atoms with Crippen LogP contribution in [0.5, 0.6) is 17.2 Å². The summed E-state index contributed by atoms with van der Waals surface area (Å²) in [5.74, 6) is -1.08. The Balaban J connectivity index is 2.67. The Morgan fingerprint density at radius 1 is 1.05 bits per heavy atom. The molecule has 0 spiro atoms. The Bertz CT molecular complexity index is 618. The lowest BCUT2D eigenvalue weighted by Gasteiger charge is -2.15. The van der Waals surface area contributed by atoms with Crippen LogP contribution in [0.4, 0.5) is 0 Å². The minimum absolute atomic E-state index is 0.0402. The molecule has 0 saturated carbocycles. The molecule has 1 aromatic rings. The van der Waals surface area contributed by atoms with E-state index in [1.807, 2.05) is 20.8 Å². The number of ether oxygens (including phenoxy) is 1. The van der Waals surface area contributed by atoms with Crippen molar-refractivity contribution in [2.45, 2.75) is 59.0 Å². The summed E-state index contributed by atoms with van der Waals surface area (Å²) in [4.78, 5) is 24.6. The summed E-state index contributed by atoms with van der Waals surface area (Å²) in [5.41, 5.74) is 0.348. The van der Waals surface area contributed by atoms with Crippen LogP contribution >= 0.6 is 0 Å². The number of phenolic OH excluding ortho intramolecular Hbond substituents is 2. The summed E-state index contributed by atoms with van der Waals surface area (Å²) in [7, 11) is 0. The molecule has 2 N–H and O–H groups in total. The van der Waals surface area contributed by atoms with Gasteiger partial charge in [-0.25, -0.2) is 0 Å². The number of hydrogen-bond donors (Lipinski definition) is 2. The van der Waals surface area contributed by atoms with E-state index in [4.69, 9.17) is 4.74 Å². The monoisotopic (exact) mass is 306 g/mol. The lowest BCUT2D eigenvalue weighted by atomic mass is 9.92. The number of hydrogen-bond acceptors (Lipinski definition) is 5. The molecule has 0 aromatic heterocycles. The topological polar surface area (TPSA) is 83.8 Å². The maximum atomic E-state index is 12.3. The van der Waals surface area contributed by atoms with Gasteiger partial charge in [-0.2, -0.15) is 0 Å². The highest BCUT2D eigenvalue weighted by Gasteiger charge is 2.35. The van der Waals surface area contributed by atoms with Gasteiger partial charge in [0.15, 0.2) is 11.6 Å². The zero-order valence-electron chi connectivity index (χ0n) is 13.2. The summed E-state index contributed by atoms with van der Waals surface area (Å²) in [6.07, 6.45) is 1.90. The average Bonchev–Trinajstić information content (AvgIpc) is 2.81. The molecule has 5 heteroatoms. The Hall–Kier alpha value is -2.04. The Morgan fingerprint density at radius 2 is 1.59 bits per heavy atom. The van der Waals surface area contributed by atoms with Crippen molar-refractivity contribution in [3.05, 3.63) is 16.7 Å². The summed E-state index contributed by atoms with van der Waals surface area (Å²) in [5, 5.41) is 20.8. The van der Waals surface area contributed by atoms with Gasteiger partial charge < -0.3 is 14.9 Å². The molecule has 120 valence electrons. The van der Waals surface area contributed by atoms with Crippen LogP contribution in [0.25, 0.3) is 0 Å². The van der Waals surface area contributed by atoms with E-state index in [-0.39, 0.29) is 53.1 Å². The molecule has 1 atom stereocenters. The standard InChI is InChI=1S/C17H22O5/c1-4-6-11(18)13-15(20)10-8-9(3)22-17(10)14(16(13)21)12(19)7-5-2/h9,20-21H,4-8H2,1-3H3. The van der Waals surface area contributed by atoms with Gasteiger partial charge in [0, 0.05) is 24.8 Å². The van der Waals surface area contributed by atoms with Gasteiger partial charge in [-0.05, 0) is 19.8 Å². The largest absolute Gasteiger partial charge is 0.507 e. The van der Waals surface area contributed by atoms with Crippen molar-refractivity contribution in [2.24, 2.45) is 0 Å². The lowest BCUT2D eigenvalue weighted by molar-refractivity contribution is 0.0973. The van der Waals surface area contributed by atoms with Crippen LogP contribution in [0.15, 0.2) is 0 Å². The molecule has 1 aliphatic rings. The van der Waals surface area contributed by atoms with Crippen molar-refractivity contribution in [2.75, 3.05) is 0 Å². The fourth-order valence-corrected chi connectivity index (χ4v) is 2.83. The highest BCUT2D eigenvalue weighted by Crippen LogP contribution is 2.47. The SMILES string of the molecule is CCCC(=O)c1c(O)c2c(c(C(=O)CCC)c1O)OC(C)C2. The van der Waals surface area contributed by atoms with Crippen LogP contribution in [0.1, 0.15) is 72.7 Å². The van der Waals surface area contributed by atoms with Crippen molar-refractivity contribution in [1.82, 2.24) is 0 Å². The first kappa shape index (κ1) is 16.3. The zero-order valence-corrected chi connectivity index (χ0v) is 13.2. The first-order valence-electron chi connectivity index (χ1n) is 7.76. The molecule has 1 aliphatic heterocycles. The number of carbonyl (C=O) groups is 2. The van der Waals surface area contributed by atoms with E-state index >= 15 is 0 Å². The fraction of sp³-hybridized carbons (Fsp3) is 0.529. The van der Waals surface area contributed by atoms with Gasteiger partial charge in [-0.15, -0.1) is 0 Å². The van der Waals surface area contributed by atoms with Crippen molar-refractivity contribution in [3.63, 3.8) is 0 Å². The van der Waals surface area contributed by atoms with Crippen molar-refractivity contribution >= 4 is 11.6 Å². The average molecular weight is 306 g/mol. The maximum absolute atomic E-state index is 12.3. The van der Waals surface area contributed by atoms with E-state index in [2.05, 4.69) is 0 Å². The number of rotatable bonds is 6. The quantitative estimate of drug-likeness (QED) is 0.787. The van der Waals surface area contributed by atoms with E-state index in [9.17, 15) is 19.8 Å². The highest BCUT2D eigenvalue weighted by atomic mass is 16.5. The number of aromatic hydroxyl groups is 2. The predicted molar refractivity (Wildman–Crippen MR) is 82.0 cm³/mol. The number of Topliss-reactive ketones (excluding diaryl/α,β-unsaturated/α-hetero) is 2. The molecule has 0 saturated heterocycles. The normalized spacial score (nSPS) is 16.2. The predicted octanol–water partition coefficient (Wildman–Crippen LogP) is 3.39. The third-order valence-corrected chi connectivity index (χ3v) is 3.82. The molecular formula is C17H22O5. The number of carbonyl (C=O) groups excluding carboxylic acids is 2. The second kappa shape index (κ2) is 6.38. The summed E-state index contributed by atoms with van der Waals surface area (Å²) in [6.45, 7) is 5.52.